The summed E-state index contributed by atoms with van der Waals surface area (Å²) in [4.78, 5) is 2.58. The third kappa shape index (κ3) is 2.98. The minimum Gasteiger partial charge on any atom is -0.371 e. The second-order valence-corrected chi connectivity index (χ2v) is 5.74. The Labute approximate surface area is 101 Å². The fraction of sp³-hybridized carbons (Fsp3) is 0.571. The molecule has 0 spiro atoms. The molecule has 1 aliphatic heterocycles. The molecule has 1 unspecified atom stereocenters. The van der Waals surface area contributed by atoms with Crippen molar-refractivity contribution in [2.24, 2.45) is 0 Å². The highest BCUT2D eigenvalue weighted by Gasteiger charge is 2.14. The summed E-state index contributed by atoms with van der Waals surface area (Å²) in [7, 11) is 1.12. The molecule has 1 heterocycles. The molecular formula is C14H22NP. The maximum Gasteiger partial charge on any atom is 0.0398 e. The standard InChI is InChI=1S/C14H22NP/c1-16-12-5-4-10-15-11-6-8-13-7-2-3-9-14(13)15/h2-3,7,9,16H,4-6,8,10-12H2,1H3. The van der Waals surface area contributed by atoms with E-state index >= 15 is 0 Å². The number of benzene rings is 1. The van der Waals surface area contributed by atoms with Crippen molar-refractivity contribution in [2.75, 3.05) is 30.8 Å². The van der Waals surface area contributed by atoms with Crippen LogP contribution in [-0.4, -0.2) is 25.9 Å². The third-order valence-electron chi connectivity index (χ3n) is 3.31. The fourth-order valence-electron chi connectivity index (χ4n) is 2.45. The monoisotopic (exact) mass is 235 g/mol. The molecule has 2 rings (SSSR count). The highest BCUT2D eigenvalue weighted by Crippen LogP contribution is 2.26. The Hall–Kier alpha value is -0.550. The molecule has 0 bridgehead atoms. The van der Waals surface area contributed by atoms with E-state index < -0.39 is 0 Å². The van der Waals surface area contributed by atoms with Crippen molar-refractivity contribution in [1.29, 1.82) is 0 Å². The van der Waals surface area contributed by atoms with Gasteiger partial charge in [-0.15, -0.1) is 8.58 Å². The molecule has 1 atom stereocenters. The molecule has 1 nitrogen and oxygen atoms in total. The zero-order valence-corrected chi connectivity index (χ0v) is 11.2. The minimum absolute atomic E-state index is 1.12. The lowest BCUT2D eigenvalue weighted by molar-refractivity contribution is 0.660. The molecule has 2 heteroatoms. The van der Waals surface area contributed by atoms with Gasteiger partial charge in [0.1, 0.15) is 0 Å². The number of fused-ring (bicyclic) bond motifs is 1. The van der Waals surface area contributed by atoms with Gasteiger partial charge >= 0.3 is 0 Å². The van der Waals surface area contributed by atoms with Crippen molar-refractivity contribution in [3.8, 4) is 0 Å². The Balaban J connectivity index is 1.91. The largest absolute Gasteiger partial charge is 0.371 e. The van der Waals surface area contributed by atoms with Gasteiger partial charge in [-0.2, -0.15) is 0 Å². The van der Waals surface area contributed by atoms with E-state index in [1.807, 2.05) is 0 Å². The zero-order valence-electron chi connectivity index (χ0n) is 10.2. The van der Waals surface area contributed by atoms with Gasteiger partial charge in [-0.05, 0) is 50.1 Å². The van der Waals surface area contributed by atoms with Crippen LogP contribution >= 0.6 is 8.58 Å². The maximum atomic E-state index is 2.58. The molecule has 0 aromatic heterocycles. The molecule has 0 radical (unpaired) electrons. The quantitative estimate of drug-likeness (QED) is 0.557. The van der Waals surface area contributed by atoms with Gasteiger partial charge in [0.05, 0.1) is 0 Å². The van der Waals surface area contributed by atoms with Crippen molar-refractivity contribution in [3.05, 3.63) is 29.8 Å². The van der Waals surface area contributed by atoms with Crippen molar-refractivity contribution < 1.29 is 0 Å². The Morgan fingerprint density at radius 3 is 3.00 bits per heavy atom. The molecule has 1 aromatic rings. The smallest absolute Gasteiger partial charge is 0.0398 e. The Morgan fingerprint density at radius 1 is 1.25 bits per heavy atom. The summed E-state index contributed by atoms with van der Waals surface area (Å²) in [6.07, 6.45) is 6.76. The first-order valence-electron chi connectivity index (χ1n) is 6.39. The van der Waals surface area contributed by atoms with Gasteiger partial charge in [0, 0.05) is 18.8 Å². The van der Waals surface area contributed by atoms with Crippen LogP contribution in [0.5, 0.6) is 0 Å². The molecule has 16 heavy (non-hydrogen) atoms. The predicted molar refractivity (Wildman–Crippen MR) is 75.3 cm³/mol. The minimum atomic E-state index is 1.12. The average molecular weight is 235 g/mol. The van der Waals surface area contributed by atoms with Crippen LogP contribution in [0.15, 0.2) is 24.3 Å². The highest BCUT2D eigenvalue weighted by molar-refractivity contribution is 7.36. The Bertz CT molecular complexity index is 324. The number of unbranched alkanes of at least 4 members (excludes halogenated alkanes) is 1. The summed E-state index contributed by atoms with van der Waals surface area (Å²) in [5.41, 5.74) is 3.04. The first-order valence-corrected chi connectivity index (χ1v) is 8.10. The number of hydrogen-bond acceptors (Lipinski definition) is 1. The van der Waals surface area contributed by atoms with E-state index in [9.17, 15) is 0 Å². The second kappa shape index (κ2) is 6.25. The molecule has 0 aliphatic carbocycles. The maximum absolute atomic E-state index is 2.58. The summed E-state index contributed by atoms with van der Waals surface area (Å²) >= 11 is 0. The summed E-state index contributed by atoms with van der Waals surface area (Å²) < 4.78 is 0. The normalized spacial score (nSPS) is 15.7. The average Bonchev–Trinajstić information content (AvgIpc) is 2.35. The Morgan fingerprint density at radius 2 is 2.12 bits per heavy atom. The van der Waals surface area contributed by atoms with E-state index in [0.717, 1.165) is 8.58 Å². The van der Waals surface area contributed by atoms with Crippen LogP contribution in [0.3, 0.4) is 0 Å². The van der Waals surface area contributed by atoms with Crippen LogP contribution in [0.4, 0.5) is 5.69 Å². The molecule has 0 fully saturated rings. The van der Waals surface area contributed by atoms with Gasteiger partial charge < -0.3 is 4.90 Å². The van der Waals surface area contributed by atoms with E-state index in [2.05, 4.69) is 35.8 Å². The highest BCUT2D eigenvalue weighted by atomic mass is 31.1. The lowest BCUT2D eigenvalue weighted by atomic mass is 10.0. The van der Waals surface area contributed by atoms with Crippen LogP contribution in [0, 0.1) is 0 Å². The number of para-hydroxylation sites is 1. The van der Waals surface area contributed by atoms with Crippen LogP contribution in [0.1, 0.15) is 24.8 Å². The van der Waals surface area contributed by atoms with E-state index in [4.69, 9.17) is 0 Å². The molecule has 0 saturated carbocycles. The molecule has 0 N–H and O–H groups in total. The molecular weight excluding hydrogens is 213 g/mol. The fourth-order valence-corrected chi connectivity index (χ4v) is 3.05. The van der Waals surface area contributed by atoms with Gasteiger partial charge in [0.25, 0.3) is 0 Å². The van der Waals surface area contributed by atoms with Crippen molar-refractivity contribution in [3.63, 3.8) is 0 Å². The molecule has 0 amide bonds. The van der Waals surface area contributed by atoms with Crippen LogP contribution in [-0.2, 0) is 6.42 Å². The van der Waals surface area contributed by atoms with Gasteiger partial charge in [0.2, 0.25) is 0 Å². The number of nitrogens with zero attached hydrogens (tertiary/aromatic N) is 1. The second-order valence-electron chi connectivity index (χ2n) is 4.53. The van der Waals surface area contributed by atoms with Gasteiger partial charge in [-0.1, -0.05) is 18.2 Å². The van der Waals surface area contributed by atoms with Gasteiger partial charge in [0.15, 0.2) is 0 Å². The van der Waals surface area contributed by atoms with Crippen molar-refractivity contribution in [2.45, 2.75) is 25.7 Å². The van der Waals surface area contributed by atoms with Gasteiger partial charge in [-0.3, -0.25) is 0 Å². The van der Waals surface area contributed by atoms with Crippen molar-refractivity contribution in [1.82, 2.24) is 0 Å². The van der Waals surface area contributed by atoms with E-state index in [1.165, 1.54) is 50.6 Å². The molecule has 88 valence electrons. The zero-order chi connectivity index (χ0) is 11.2. The summed E-state index contributed by atoms with van der Waals surface area (Å²) in [5, 5.41) is 0. The van der Waals surface area contributed by atoms with Crippen LogP contribution in [0.25, 0.3) is 0 Å². The van der Waals surface area contributed by atoms with E-state index in [1.54, 1.807) is 5.56 Å². The summed E-state index contributed by atoms with van der Waals surface area (Å²) in [6.45, 7) is 4.81. The number of aryl methyl sites for hydroxylation is 1. The summed E-state index contributed by atoms with van der Waals surface area (Å²) in [6, 6.07) is 8.91. The van der Waals surface area contributed by atoms with Crippen LogP contribution < -0.4 is 4.90 Å². The Kier molecular flexibility index (Phi) is 4.66. The number of anilines is 1. The van der Waals surface area contributed by atoms with Crippen LogP contribution in [0.2, 0.25) is 0 Å². The number of hydrogen-bond donors (Lipinski definition) is 0. The first kappa shape index (κ1) is 11.9. The number of rotatable bonds is 5. The third-order valence-corrected chi connectivity index (χ3v) is 4.16. The van der Waals surface area contributed by atoms with Crippen molar-refractivity contribution >= 4 is 14.3 Å². The SMILES string of the molecule is CPCCCCN1CCCc2ccccc21. The molecule has 1 aliphatic rings. The lowest BCUT2D eigenvalue weighted by Gasteiger charge is -2.31. The first-order chi connectivity index (χ1) is 7.92. The molecule has 0 saturated heterocycles. The molecule has 1 aromatic carbocycles. The van der Waals surface area contributed by atoms with E-state index in [0.29, 0.717) is 0 Å². The van der Waals surface area contributed by atoms with E-state index in [-0.39, 0.29) is 0 Å². The van der Waals surface area contributed by atoms with Gasteiger partial charge in [-0.25, -0.2) is 0 Å². The summed E-state index contributed by atoms with van der Waals surface area (Å²) in [5.74, 6) is 0. The predicted octanol–water partition coefficient (Wildman–Crippen LogP) is 3.53. The lowest BCUT2D eigenvalue weighted by Crippen LogP contribution is -2.30. The topological polar surface area (TPSA) is 3.24 Å².